The molecule has 7 heteroatoms. The van der Waals surface area contributed by atoms with Gasteiger partial charge in [-0.2, -0.15) is 0 Å². The van der Waals surface area contributed by atoms with Gasteiger partial charge in [-0.3, -0.25) is 9.69 Å². The number of likely N-dealkylation sites (tertiary alicyclic amines) is 1. The maximum Gasteiger partial charge on any atom is 0.410 e. The van der Waals surface area contributed by atoms with Gasteiger partial charge in [0.15, 0.2) is 5.60 Å². The van der Waals surface area contributed by atoms with Gasteiger partial charge in [-0.15, -0.1) is 0 Å². The number of carbonyl (C=O) groups is 2. The van der Waals surface area contributed by atoms with Crippen LogP contribution in [0.2, 0.25) is 5.02 Å². The molecular formula is C16H20ClNO5. The number of aliphatic carboxylic acids is 1. The van der Waals surface area contributed by atoms with Gasteiger partial charge in [-0.25, -0.2) is 4.79 Å². The van der Waals surface area contributed by atoms with Crippen LogP contribution in [0.1, 0.15) is 27.2 Å². The summed E-state index contributed by atoms with van der Waals surface area (Å²) in [6, 6.07) is 6.66. The zero-order valence-corrected chi connectivity index (χ0v) is 14.1. The normalized spacial score (nSPS) is 16.4. The van der Waals surface area contributed by atoms with E-state index in [1.807, 2.05) is 0 Å². The molecule has 1 aromatic rings. The monoisotopic (exact) mass is 341 g/mol. The van der Waals surface area contributed by atoms with Crippen molar-refractivity contribution in [3.63, 3.8) is 0 Å². The maximum absolute atomic E-state index is 12.0. The third-order valence-electron chi connectivity index (χ3n) is 3.23. The summed E-state index contributed by atoms with van der Waals surface area (Å²) < 4.78 is 11.1. The Morgan fingerprint density at radius 1 is 1.26 bits per heavy atom. The van der Waals surface area contributed by atoms with Crippen LogP contribution in [-0.2, 0) is 9.53 Å². The molecule has 0 aliphatic carbocycles. The van der Waals surface area contributed by atoms with Crippen molar-refractivity contribution in [3.8, 4) is 5.75 Å². The van der Waals surface area contributed by atoms with Crippen molar-refractivity contribution in [1.82, 2.24) is 4.90 Å². The molecule has 0 bridgehead atoms. The lowest BCUT2D eigenvalue weighted by atomic mass is 9.90. The Morgan fingerprint density at radius 3 is 2.30 bits per heavy atom. The SMILES string of the molecule is CC(C)(C)OC(=O)N1CC(CC(=O)O)(Oc2ccc(Cl)cc2)C1. The Kier molecular flexibility index (Phi) is 4.75. The third-order valence-corrected chi connectivity index (χ3v) is 3.48. The first-order valence-electron chi connectivity index (χ1n) is 7.23. The van der Waals surface area contributed by atoms with Crippen molar-refractivity contribution in [2.75, 3.05) is 13.1 Å². The summed E-state index contributed by atoms with van der Waals surface area (Å²) in [5.74, 6) is -0.470. The second-order valence-corrected chi connectivity index (χ2v) is 7.08. The van der Waals surface area contributed by atoms with E-state index in [0.29, 0.717) is 10.8 Å². The Morgan fingerprint density at radius 2 is 1.83 bits per heavy atom. The molecule has 23 heavy (non-hydrogen) atoms. The number of nitrogens with zero attached hydrogens (tertiary/aromatic N) is 1. The van der Waals surface area contributed by atoms with Gasteiger partial charge in [0, 0.05) is 5.02 Å². The zero-order chi connectivity index (χ0) is 17.3. The van der Waals surface area contributed by atoms with Crippen LogP contribution in [0.5, 0.6) is 5.75 Å². The van der Waals surface area contributed by atoms with E-state index in [-0.39, 0.29) is 19.5 Å². The summed E-state index contributed by atoms with van der Waals surface area (Å²) in [4.78, 5) is 24.6. The molecule has 2 rings (SSSR count). The van der Waals surface area contributed by atoms with Crippen LogP contribution in [-0.4, -0.2) is 46.4 Å². The minimum absolute atomic E-state index is 0.164. The smallest absolute Gasteiger partial charge is 0.410 e. The molecule has 1 aliphatic rings. The molecule has 0 atom stereocenters. The molecule has 1 fully saturated rings. The highest BCUT2D eigenvalue weighted by Crippen LogP contribution is 2.32. The number of carboxylic acid groups (broad SMARTS) is 1. The van der Waals surface area contributed by atoms with E-state index in [1.165, 1.54) is 4.90 Å². The quantitative estimate of drug-likeness (QED) is 0.910. The topological polar surface area (TPSA) is 76.1 Å². The number of rotatable bonds is 4. The molecule has 1 heterocycles. The van der Waals surface area contributed by atoms with Gasteiger partial charge < -0.3 is 14.6 Å². The summed E-state index contributed by atoms with van der Waals surface area (Å²) in [5.41, 5.74) is -1.55. The van der Waals surface area contributed by atoms with Gasteiger partial charge in [0.05, 0.1) is 19.5 Å². The van der Waals surface area contributed by atoms with Crippen LogP contribution < -0.4 is 4.74 Å². The van der Waals surface area contributed by atoms with Crippen molar-refractivity contribution in [2.45, 2.75) is 38.4 Å². The average Bonchev–Trinajstić information content (AvgIpc) is 2.35. The lowest BCUT2D eigenvalue weighted by molar-refractivity contribution is -0.148. The number of hydrogen-bond donors (Lipinski definition) is 1. The number of carboxylic acids is 1. The first kappa shape index (κ1) is 17.4. The Labute approximate surface area is 139 Å². The molecule has 1 saturated heterocycles. The molecule has 0 unspecified atom stereocenters. The van der Waals surface area contributed by atoms with Crippen LogP contribution in [0, 0.1) is 0 Å². The zero-order valence-electron chi connectivity index (χ0n) is 13.3. The van der Waals surface area contributed by atoms with Gasteiger partial charge >= 0.3 is 12.1 Å². The second-order valence-electron chi connectivity index (χ2n) is 6.65. The van der Waals surface area contributed by atoms with Crippen molar-refractivity contribution < 1.29 is 24.2 Å². The second kappa shape index (κ2) is 6.28. The summed E-state index contributed by atoms with van der Waals surface area (Å²) in [5, 5.41) is 9.68. The molecule has 1 aliphatic heterocycles. The van der Waals surface area contributed by atoms with Crippen LogP contribution >= 0.6 is 11.6 Å². The van der Waals surface area contributed by atoms with Crippen molar-refractivity contribution >= 4 is 23.7 Å². The van der Waals surface area contributed by atoms with Crippen molar-refractivity contribution in [3.05, 3.63) is 29.3 Å². The summed E-state index contributed by atoms with van der Waals surface area (Å²) in [6.07, 6.45) is -0.673. The molecule has 0 spiro atoms. The largest absolute Gasteiger partial charge is 0.483 e. The molecule has 6 nitrogen and oxygen atoms in total. The van der Waals surface area contributed by atoms with E-state index < -0.39 is 23.3 Å². The molecular weight excluding hydrogens is 322 g/mol. The minimum Gasteiger partial charge on any atom is -0.483 e. The van der Waals surface area contributed by atoms with Gasteiger partial charge in [0.25, 0.3) is 0 Å². The number of hydrogen-bond acceptors (Lipinski definition) is 4. The predicted octanol–water partition coefficient (Wildman–Crippen LogP) is 3.18. The van der Waals surface area contributed by atoms with E-state index in [4.69, 9.17) is 26.2 Å². The maximum atomic E-state index is 12.0. The lowest BCUT2D eigenvalue weighted by Crippen LogP contribution is -2.67. The van der Waals surface area contributed by atoms with Crippen LogP contribution in [0.15, 0.2) is 24.3 Å². The predicted molar refractivity (Wildman–Crippen MR) is 84.9 cm³/mol. The highest BCUT2D eigenvalue weighted by Gasteiger charge is 2.50. The molecule has 1 N–H and O–H groups in total. The third kappa shape index (κ3) is 4.76. The van der Waals surface area contributed by atoms with E-state index in [2.05, 4.69) is 0 Å². The summed E-state index contributed by atoms with van der Waals surface area (Å²) in [7, 11) is 0. The highest BCUT2D eigenvalue weighted by molar-refractivity contribution is 6.30. The fourth-order valence-electron chi connectivity index (χ4n) is 2.35. The highest BCUT2D eigenvalue weighted by atomic mass is 35.5. The van der Waals surface area contributed by atoms with E-state index in [0.717, 1.165) is 0 Å². The average molecular weight is 342 g/mol. The van der Waals surface area contributed by atoms with Crippen molar-refractivity contribution in [2.24, 2.45) is 0 Å². The number of carbonyl (C=O) groups excluding carboxylic acids is 1. The Balaban J connectivity index is 2.04. The van der Waals surface area contributed by atoms with Gasteiger partial charge in [0.1, 0.15) is 11.4 Å². The molecule has 0 radical (unpaired) electrons. The summed E-state index contributed by atoms with van der Waals surface area (Å²) in [6.45, 7) is 5.66. The summed E-state index contributed by atoms with van der Waals surface area (Å²) >= 11 is 5.82. The number of benzene rings is 1. The lowest BCUT2D eigenvalue weighted by Gasteiger charge is -2.48. The van der Waals surface area contributed by atoms with E-state index >= 15 is 0 Å². The van der Waals surface area contributed by atoms with Gasteiger partial charge in [0.2, 0.25) is 0 Å². The van der Waals surface area contributed by atoms with Crippen LogP contribution in [0.3, 0.4) is 0 Å². The van der Waals surface area contributed by atoms with Crippen LogP contribution in [0.25, 0.3) is 0 Å². The molecule has 0 aromatic heterocycles. The van der Waals surface area contributed by atoms with Gasteiger partial charge in [-0.05, 0) is 45.0 Å². The molecule has 0 saturated carbocycles. The number of halogens is 1. The first-order chi connectivity index (χ1) is 10.6. The Bertz CT molecular complexity index is 587. The minimum atomic E-state index is -0.984. The number of amides is 1. The molecule has 1 amide bonds. The van der Waals surface area contributed by atoms with Crippen LogP contribution in [0.4, 0.5) is 4.79 Å². The molecule has 126 valence electrons. The standard InChI is InChI=1S/C16H20ClNO5/c1-15(2,3)23-14(21)18-9-16(10-18,8-13(19)20)22-12-6-4-11(17)5-7-12/h4-7H,8-10H2,1-3H3,(H,19,20). The fraction of sp³-hybridized carbons (Fsp3) is 0.500. The van der Waals surface area contributed by atoms with Gasteiger partial charge in [-0.1, -0.05) is 11.6 Å². The fourth-order valence-corrected chi connectivity index (χ4v) is 2.47. The van der Waals surface area contributed by atoms with Crippen molar-refractivity contribution in [1.29, 1.82) is 0 Å². The Hall–Kier alpha value is -1.95. The molecule has 1 aromatic carbocycles. The number of ether oxygens (including phenoxy) is 2. The van der Waals surface area contributed by atoms with E-state index in [9.17, 15) is 9.59 Å². The first-order valence-corrected chi connectivity index (χ1v) is 7.61. The van der Waals surface area contributed by atoms with E-state index in [1.54, 1.807) is 45.0 Å².